The van der Waals surface area contributed by atoms with Crippen LogP contribution in [0.4, 0.5) is 0 Å². The molecule has 4 nitrogen and oxygen atoms in total. The van der Waals surface area contributed by atoms with E-state index in [2.05, 4.69) is 40.4 Å². The number of halogens is 1. The van der Waals surface area contributed by atoms with Gasteiger partial charge in [0.2, 0.25) is 0 Å². The lowest BCUT2D eigenvalue weighted by molar-refractivity contribution is -0.140. The number of carboxylic acid groups (broad SMARTS) is 1. The van der Waals surface area contributed by atoms with Crippen molar-refractivity contribution in [1.29, 1.82) is 0 Å². The second-order valence-corrected chi connectivity index (χ2v) is 6.53. The third-order valence-electron chi connectivity index (χ3n) is 3.97. The molecule has 0 bridgehead atoms. The molecule has 1 aliphatic heterocycles. The third-order valence-corrected chi connectivity index (χ3v) is 4.61. The molecular formula is C16H18BrNO3. The lowest BCUT2D eigenvalue weighted by Crippen LogP contribution is -2.22. The standard InChI is InChI=1S/C16H18BrNO3/c1-9(2)18-15-10(4-3-5-12(15)17)11-6-7-21-13(16(11)18)8-14(19)20/h3-5,9,13H,6-8H2,1-2H3,(H,19,20). The molecule has 0 saturated heterocycles. The Labute approximate surface area is 131 Å². The molecule has 5 heteroatoms. The fraction of sp³-hybridized carbons (Fsp3) is 0.438. The van der Waals surface area contributed by atoms with Gasteiger partial charge < -0.3 is 14.4 Å². The van der Waals surface area contributed by atoms with E-state index in [1.807, 2.05) is 12.1 Å². The Morgan fingerprint density at radius 2 is 2.29 bits per heavy atom. The first-order valence-electron chi connectivity index (χ1n) is 7.15. The van der Waals surface area contributed by atoms with E-state index < -0.39 is 5.97 Å². The highest BCUT2D eigenvalue weighted by atomic mass is 79.9. The van der Waals surface area contributed by atoms with Crippen molar-refractivity contribution in [3.63, 3.8) is 0 Å². The minimum absolute atomic E-state index is 0.00760. The third kappa shape index (κ3) is 2.38. The topological polar surface area (TPSA) is 51.5 Å². The highest BCUT2D eigenvalue weighted by Gasteiger charge is 2.31. The fourth-order valence-corrected chi connectivity index (χ4v) is 3.81. The van der Waals surface area contributed by atoms with Gasteiger partial charge in [-0.25, -0.2) is 0 Å². The summed E-state index contributed by atoms with van der Waals surface area (Å²) in [5, 5.41) is 10.4. The van der Waals surface area contributed by atoms with Gasteiger partial charge in [-0.05, 0) is 47.8 Å². The van der Waals surface area contributed by atoms with Crippen LogP contribution in [-0.4, -0.2) is 22.2 Å². The first kappa shape index (κ1) is 14.6. The number of fused-ring (bicyclic) bond motifs is 3. The molecule has 2 heterocycles. The minimum atomic E-state index is -0.826. The lowest BCUT2D eigenvalue weighted by Gasteiger charge is -2.26. The SMILES string of the molecule is CC(C)n1c2c(c3cccc(Br)c31)CCOC2CC(=O)O. The van der Waals surface area contributed by atoms with Gasteiger partial charge in [-0.1, -0.05) is 12.1 Å². The van der Waals surface area contributed by atoms with E-state index in [0.29, 0.717) is 6.61 Å². The molecule has 0 saturated carbocycles. The van der Waals surface area contributed by atoms with E-state index in [9.17, 15) is 4.79 Å². The number of benzene rings is 1. The van der Waals surface area contributed by atoms with Gasteiger partial charge in [0.25, 0.3) is 0 Å². The first-order valence-corrected chi connectivity index (χ1v) is 7.94. The number of ether oxygens (including phenoxy) is 1. The van der Waals surface area contributed by atoms with Crippen LogP contribution in [0.5, 0.6) is 0 Å². The highest BCUT2D eigenvalue weighted by Crippen LogP contribution is 2.41. The van der Waals surface area contributed by atoms with Gasteiger partial charge in [-0.2, -0.15) is 0 Å². The van der Waals surface area contributed by atoms with Crippen LogP contribution >= 0.6 is 15.9 Å². The van der Waals surface area contributed by atoms with Crippen molar-refractivity contribution in [3.05, 3.63) is 33.9 Å². The summed E-state index contributed by atoms with van der Waals surface area (Å²) < 4.78 is 9.02. The van der Waals surface area contributed by atoms with Crippen molar-refractivity contribution in [2.45, 2.75) is 38.8 Å². The molecule has 1 aliphatic rings. The molecule has 3 rings (SSSR count). The van der Waals surface area contributed by atoms with Crippen molar-refractivity contribution >= 4 is 32.8 Å². The van der Waals surface area contributed by atoms with Crippen LogP contribution in [0.3, 0.4) is 0 Å². The number of aromatic nitrogens is 1. The quantitative estimate of drug-likeness (QED) is 0.906. The maximum absolute atomic E-state index is 11.1. The Balaban J connectivity index is 2.31. The molecule has 1 unspecified atom stereocenters. The number of para-hydroxylation sites is 1. The highest BCUT2D eigenvalue weighted by molar-refractivity contribution is 9.10. The molecular weight excluding hydrogens is 334 g/mol. The van der Waals surface area contributed by atoms with Crippen LogP contribution in [0, 0.1) is 0 Å². The van der Waals surface area contributed by atoms with Gasteiger partial charge in [0, 0.05) is 15.9 Å². The van der Waals surface area contributed by atoms with Crippen LogP contribution in [0.25, 0.3) is 10.9 Å². The largest absolute Gasteiger partial charge is 0.481 e. The number of nitrogens with zero attached hydrogens (tertiary/aromatic N) is 1. The Morgan fingerprint density at radius 3 is 2.95 bits per heavy atom. The molecule has 21 heavy (non-hydrogen) atoms. The van der Waals surface area contributed by atoms with E-state index in [4.69, 9.17) is 9.84 Å². The molecule has 0 aliphatic carbocycles. The predicted octanol–water partition coefficient (Wildman–Crippen LogP) is 4.07. The average molecular weight is 352 g/mol. The van der Waals surface area contributed by atoms with E-state index >= 15 is 0 Å². The molecule has 0 radical (unpaired) electrons. The summed E-state index contributed by atoms with van der Waals surface area (Å²) in [6.45, 7) is 4.81. The molecule has 0 fully saturated rings. The predicted molar refractivity (Wildman–Crippen MR) is 84.7 cm³/mol. The van der Waals surface area contributed by atoms with Gasteiger partial charge in [-0.15, -0.1) is 0 Å². The maximum atomic E-state index is 11.1. The van der Waals surface area contributed by atoms with Crippen LogP contribution < -0.4 is 0 Å². The molecule has 1 aromatic carbocycles. The van der Waals surface area contributed by atoms with Crippen molar-refractivity contribution in [2.24, 2.45) is 0 Å². The zero-order valence-corrected chi connectivity index (χ0v) is 13.7. The second kappa shape index (κ2) is 5.46. The van der Waals surface area contributed by atoms with Crippen molar-refractivity contribution < 1.29 is 14.6 Å². The summed E-state index contributed by atoms with van der Waals surface area (Å²) in [5.74, 6) is -0.826. The molecule has 1 aromatic heterocycles. The number of hydrogen-bond acceptors (Lipinski definition) is 2. The summed E-state index contributed by atoms with van der Waals surface area (Å²) in [4.78, 5) is 11.1. The van der Waals surface area contributed by atoms with Crippen molar-refractivity contribution in [2.75, 3.05) is 6.61 Å². The summed E-state index contributed by atoms with van der Waals surface area (Å²) in [6.07, 6.45) is 0.471. The Hall–Kier alpha value is -1.33. The molecule has 1 atom stereocenters. The first-order chi connectivity index (χ1) is 10.0. The van der Waals surface area contributed by atoms with Gasteiger partial charge in [0.05, 0.1) is 24.2 Å². The van der Waals surface area contributed by atoms with Crippen LogP contribution in [0.2, 0.25) is 0 Å². The van der Waals surface area contributed by atoms with E-state index in [1.54, 1.807) is 0 Å². The Bertz CT molecular complexity index is 705. The smallest absolute Gasteiger partial charge is 0.306 e. The molecule has 0 amide bonds. The second-order valence-electron chi connectivity index (χ2n) is 5.67. The molecule has 112 valence electrons. The van der Waals surface area contributed by atoms with Crippen molar-refractivity contribution in [3.8, 4) is 0 Å². The normalized spacial score (nSPS) is 18.2. The Morgan fingerprint density at radius 1 is 1.52 bits per heavy atom. The van der Waals surface area contributed by atoms with E-state index in [-0.39, 0.29) is 18.6 Å². The zero-order chi connectivity index (χ0) is 15.1. The van der Waals surface area contributed by atoms with Crippen LogP contribution in [0.15, 0.2) is 22.7 Å². The molecule has 1 N–H and O–H groups in total. The zero-order valence-electron chi connectivity index (χ0n) is 12.1. The number of carboxylic acids is 1. The van der Waals surface area contributed by atoms with Crippen LogP contribution in [0.1, 0.15) is 43.7 Å². The monoisotopic (exact) mass is 351 g/mol. The average Bonchev–Trinajstić information content (AvgIpc) is 2.75. The van der Waals surface area contributed by atoms with E-state index in [0.717, 1.165) is 22.1 Å². The Kier molecular flexibility index (Phi) is 3.80. The van der Waals surface area contributed by atoms with Crippen molar-refractivity contribution in [1.82, 2.24) is 4.57 Å². The molecule has 0 spiro atoms. The lowest BCUT2D eigenvalue weighted by atomic mass is 10.0. The summed E-state index contributed by atoms with van der Waals surface area (Å²) >= 11 is 3.64. The molecule has 2 aromatic rings. The number of aliphatic carboxylic acids is 1. The van der Waals surface area contributed by atoms with Gasteiger partial charge >= 0.3 is 5.97 Å². The van der Waals surface area contributed by atoms with Gasteiger partial charge in [-0.3, -0.25) is 4.79 Å². The number of hydrogen-bond donors (Lipinski definition) is 1. The number of rotatable bonds is 3. The summed E-state index contributed by atoms with van der Waals surface area (Å²) in [7, 11) is 0. The maximum Gasteiger partial charge on any atom is 0.306 e. The van der Waals surface area contributed by atoms with Gasteiger partial charge in [0.15, 0.2) is 0 Å². The van der Waals surface area contributed by atoms with Crippen LogP contribution in [-0.2, 0) is 16.0 Å². The summed E-state index contributed by atoms with van der Waals surface area (Å²) in [5.41, 5.74) is 3.40. The van der Waals surface area contributed by atoms with E-state index in [1.165, 1.54) is 10.9 Å². The fourth-order valence-electron chi connectivity index (χ4n) is 3.25. The minimum Gasteiger partial charge on any atom is -0.481 e. The van der Waals surface area contributed by atoms with Gasteiger partial charge in [0.1, 0.15) is 6.10 Å². The number of carbonyl (C=O) groups is 1. The summed E-state index contributed by atoms with van der Waals surface area (Å²) in [6, 6.07) is 6.41.